The quantitative estimate of drug-likeness (QED) is 0.318. The van der Waals surface area contributed by atoms with E-state index >= 15 is 0 Å². The average Bonchev–Trinajstić information content (AvgIpc) is 3.12. The van der Waals surface area contributed by atoms with E-state index in [1.54, 1.807) is 7.05 Å². The number of guanidine groups is 1. The van der Waals surface area contributed by atoms with Crippen LogP contribution in [0.15, 0.2) is 53.5 Å². The first-order chi connectivity index (χ1) is 14.0. The fourth-order valence-corrected chi connectivity index (χ4v) is 2.99. The molecule has 0 saturated carbocycles. The Kier molecular flexibility index (Phi) is 6.74. The lowest BCUT2D eigenvalue weighted by Crippen LogP contribution is -2.38. The van der Waals surface area contributed by atoms with E-state index in [0.717, 1.165) is 53.9 Å². The maximum absolute atomic E-state index is 12.6. The van der Waals surface area contributed by atoms with Crippen LogP contribution in [0.3, 0.4) is 0 Å². The summed E-state index contributed by atoms with van der Waals surface area (Å²) in [6, 6.07) is 13.2. The van der Waals surface area contributed by atoms with Gasteiger partial charge in [0.05, 0.1) is 16.6 Å². The number of H-pyrrole nitrogens is 1. The molecule has 3 rings (SSSR count). The van der Waals surface area contributed by atoms with E-state index in [-0.39, 0.29) is 0 Å². The van der Waals surface area contributed by atoms with Gasteiger partial charge in [0.1, 0.15) is 5.82 Å². The number of fused-ring (bicyclic) bond motifs is 1. The number of alkyl halides is 3. The number of nitrogens with one attached hydrogen (secondary N) is 3. The number of aryl methyl sites for hydroxylation is 1. The second-order valence-corrected chi connectivity index (χ2v) is 6.67. The van der Waals surface area contributed by atoms with Crippen LogP contribution in [0.25, 0.3) is 11.0 Å². The zero-order valence-corrected chi connectivity index (χ0v) is 16.2. The van der Waals surface area contributed by atoms with Crippen LogP contribution in [0.1, 0.15) is 23.4 Å². The van der Waals surface area contributed by atoms with Gasteiger partial charge in [-0.05, 0) is 42.7 Å². The Morgan fingerprint density at radius 3 is 2.41 bits per heavy atom. The van der Waals surface area contributed by atoms with E-state index in [4.69, 9.17) is 0 Å². The first-order valence-corrected chi connectivity index (χ1v) is 9.50. The highest BCUT2D eigenvalue weighted by atomic mass is 19.4. The lowest BCUT2D eigenvalue weighted by molar-refractivity contribution is -0.137. The summed E-state index contributed by atoms with van der Waals surface area (Å²) in [5.41, 5.74) is 2.22. The highest BCUT2D eigenvalue weighted by Gasteiger charge is 2.29. The smallest absolute Gasteiger partial charge is 0.356 e. The number of halogens is 3. The van der Waals surface area contributed by atoms with E-state index in [1.807, 2.05) is 24.3 Å². The maximum Gasteiger partial charge on any atom is 0.416 e. The summed E-state index contributed by atoms with van der Waals surface area (Å²) in [6.07, 6.45) is -1.98. The molecular formula is C21H24F3N5. The number of nitrogens with zero attached hydrogens (tertiary/aromatic N) is 2. The van der Waals surface area contributed by atoms with E-state index in [9.17, 15) is 13.2 Å². The van der Waals surface area contributed by atoms with Crippen molar-refractivity contribution in [1.82, 2.24) is 20.6 Å². The lowest BCUT2D eigenvalue weighted by atomic mass is 10.1. The van der Waals surface area contributed by atoms with Gasteiger partial charge in [-0.1, -0.05) is 24.3 Å². The van der Waals surface area contributed by atoms with Crippen molar-refractivity contribution in [2.75, 3.05) is 20.1 Å². The normalized spacial score (nSPS) is 12.3. The molecule has 5 nitrogen and oxygen atoms in total. The second-order valence-electron chi connectivity index (χ2n) is 6.67. The van der Waals surface area contributed by atoms with Gasteiger partial charge in [-0.3, -0.25) is 4.99 Å². The molecule has 1 heterocycles. The summed E-state index contributed by atoms with van der Waals surface area (Å²) < 4.78 is 37.8. The van der Waals surface area contributed by atoms with Gasteiger partial charge in [0, 0.05) is 26.6 Å². The minimum atomic E-state index is -4.30. The zero-order chi connectivity index (χ0) is 20.7. The lowest BCUT2D eigenvalue weighted by Gasteiger charge is -2.12. The number of aromatic amines is 1. The van der Waals surface area contributed by atoms with Crippen molar-refractivity contribution in [2.45, 2.75) is 25.4 Å². The molecule has 0 saturated heterocycles. The minimum absolute atomic E-state index is 0.578. The molecule has 0 bridgehead atoms. The van der Waals surface area contributed by atoms with Crippen LogP contribution in [-0.2, 0) is 19.0 Å². The molecule has 154 valence electrons. The molecule has 0 unspecified atom stereocenters. The summed E-state index contributed by atoms with van der Waals surface area (Å²) in [6.45, 7) is 1.31. The van der Waals surface area contributed by atoms with Gasteiger partial charge in [0.2, 0.25) is 0 Å². The summed E-state index contributed by atoms with van der Waals surface area (Å²) in [4.78, 5) is 12.0. The largest absolute Gasteiger partial charge is 0.416 e. The number of para-hydroxylation sites is 2. The van der Waals surface area contributed by atoms with Crippen molar-refractivity contribution >= 4 is 17.0 Å². The number of imidazole rings is 1. The van der Waals surface area contributed by atoms with Crippen molar-refractivity contribution in [3.05, 3.63) is 65.5 Å². The molecule has 0 radical (unpaired) electrons. The van der Waals surface area contributed by atoms with Crippen molar-refractivity contribution in [2.24, 2.45) is 4.99 Å². The number of aliphatic imine (C=N–C) groups is 1. The first-order valence-electron chi connectivity index (χ1n) is 9.50. The van der Waals surface area contributed by atoms with Crippen LogP contribution in [-0.4, -0.2) is 36.1 Å². The van der Waals surface area contributed by atoms with Gasteiger partial charge in [0.15, 0.2) is 5.96 Å². The Morgan fingerprint density at radius 1 is 1.00 bits per heavy atom. The summed E-state index contributed by atoms with van der Waals surface area (Å²) >= 11 is 0. The molecular weight excluding hydrogens is 379 g/mol. The topological polar surface area (TPSA) is 65.1 Å². The van der Waals surface area contributed by atoms with E-state index in [1.165, 1.54) is 12.1 Å². The predicted molar refractivity (Wildman–Crippen MR) is 109 cm³/mol. The molecule has 0 aliphatic carbocycles. The Balaban J connectivity index is 1.37. The van der Waals surface area contributed by atoms with Gasteiger partial charge in [-0.25, -0.2) is 4.98 Å². The predicted octanol–water partition coefficient (Wildman–Crippen LogP) is 3.92. The van der Waals surface area contributed by atoms with E-state index < -0.39 is 11.7 Å². The van der Waals surface area contributed by atoms with Crippen LogP contribution < -0.4 is 10.6 Å². The zero-order valence-electron chi connectivity index (χ0n) is 16.2. The molecule has 0 atom stereocenters. The Labute approximate surface area is 167 Å². The summed E-state index contributed by atoms with van der Waals surface area (Å²) in [7, 11) is 1.69. The van der Waals surface area contributed by atoms with Crippen LogP contribution in [0, 0.1) is 0 Å². The Morgan fingerprint density at radius 2 is 1.72 bits per heavy atom. The van der Waals surface area contributed by atoms with E-state index in [0.29, 0.717) is 18.9 Å². The second kappa shape index (κ2) is 9.45. The van der Waals surface area contributed by atoms with Crippen LogP contribution >= 0.6 is 0 Å². The van der Waals surface area contributed by atoms with E-state index in [2.05, 4.69) is 25.6 Å². The highest BCUT2D eigenvalue weighted by molar-refractivity contribution is 5.79. The minimum Gasteiger partial charge on any atom is -0.356 e. The SMILES string of the molecule is CN=C(NCCCc1nc2ccccc2[nH]1)NCCc1ccc(C(F)(F)F)cc1. The molecule has 3 N–H and O–H groups in total. The third-order valence-corrected chi connectivity index (χ3v) is 4.53. The fraction of sp³-hybridized carbons (Fsp3) is 0.333. The number of hydrogen-bond acceptors (Lipinski definition) is 2. The number of aromatic nitrogens is 2. The summed E-state index contributed by atoms with van der Waals surface area (Å²) in [5.74, 6) is 1.62. The molecule has 0 aliphatic rings. The fourth-order valence-electron chi connectivity index (χ4n) is 2.99. The monoisotopic (exact) mass is 403 g/mol. The molecule has 0 amide bonds. The molecule has 29 heavy (non-hydrogen) atoms. The van der Waals surface area contributed by atoms with Crippen molar-refractivity contribution in [3.8, 4) is 0 Å². The van der Waals surface area contributed by atoms with Gasteiger partial charge in [-0.15, -0.1) is 0 Å². The molecule has 0 spiro atoms. The van der Waals surface area contributed by atoms with Gasteiger partial charge < -0.3 is 15.6 Å². The number of benzene rings is 2. The summed E-state index contributed by atoms with van der Waals surface area (Å²) in [5, 5.41) is 6.41. The molecule has 0 fully saturated rings. The number of rotatable bonds is 7. The standard InChI is InChI=1S/C21H24F3N5/c1-25-20(27-14-12-15-8-10-16(11-9-15)21(22,23)24)26-13-4-7-19-28-17-5-2-3-6-18(17)29-19/h2-3,5-6,8-11H,4,7,12-14H2,1H3,(H,28,29)(H2,25,26,27). The van der Waals surface area contributed by atoms with Crippen molar-refractivity contribution < 1.29 is 13.2 Å². The Bertz CT molecular complexity index is 912. The highest BCUT2D eigenvalue weighted by Crippen LogP contribution is 2.29. The van der Waals surface area contributed by atoms with Gasteiger partial charge in [0.25, 0.3) is 0 Å². The van der Waals surface area contributed by atoms with Crippen LogP contribution in [0.2, 0.25) is 0 Å². The molecule has 2 aromatic carbocycles. The van der Waals surface area contributed by atoms with Crippen LogP contribution in [0.4, 0.5) is 13.2 Å². The third kappa shape index (κ3) is 5.97. The Hall–Kier alpha value is -3.03. The van der Waals surface area contributed by atoms with Crippen LogP contribution in [0.5, 0.6) is 0 Å². The van der Waals surface area contributed by atoms with Crippen molar-refractivity contribution in [3.63, 3.8) is 0 Å². The average molecular weight is 403 g/mol. The maximum atomic E-state index is 12.6. The third-order valence-electron chi connectivity index (χ3n) is 4.53. The number of hydrogen-bond donors (Lipinski definition) is 3. The first kappa shape index (κ1) is 20.7. The molecule has 8 heteroatoms. The van der Waals surface area contributed by atoms with Gasteiger partial charge in [-0.2, -0.15) is 13.2 Å². The van der Waals surface area contributed by atoms with Gasteiger partial charge >= 0.3 is 6.18 Å². The molecule has 0 aliphatic heterocycles. The molecule has 1 aromatic heterocycles. The van der Waals surface area contributed by atoms with Crippen molar-refractivity contribution in [1.29, 1.82) is 0 Å². The molecule has 3 aromatic rings.